The lowest BCUT2D eigenvalue weighted by atomic mass is 10.2. The van der Waals surface area contributed by atoms with Crippen LogP contribution in [0.25, 0.3) is 0 Å². The minimum Gasteiger partial charge on any atom is -0.351 e. The van der Waals surface area contributed by atoms with Crippen molar-refractivity contribution in [3.63, 3.8) is 0 Å². The molecule has 3 rings (SSSR count). The van der Waals surface area contributed by atoms with Gasteiger partial charge in [-0.05, 0) is 31.0 Å². The summed E-state index contributed by atoms with van der Waals surface area (Å²) in [5.41, 5.74) is 1.25. The molecule has 1 aromatic heterocycles. The van der Waals surface area contributed by atoms with E-state index in [9.17, 15) is 4.79 Å². The van der Waals surface area contributed by atoms with Crippen LogP contribution in [-0.2, 0) is 0 Å². The van der Waals surface area contributed by atoms with Crippen LogP contribution >= 0.6 is 0 Å². The zero-order valence-corrected chi connectivity index (χ0v) is 12.7. The van der Waals surface area contributed by atoms with E-state index in [1.807, 2.05) is 30.3 Å². The molecule has 1 fully saturated rings. The Morgan fingerprint density at radius 3 is 2.64 bits per heavy atom. The number of hydrogen-bond donors (Lipinski definition) is 1. The van der Waals surface area contributed by atoms with Crippen LogP contribution in [0.4, 0.5) is 11.6 Å². The summed E-state index contributed by atoms with van der Waals surface area (Å²) in [6.45, 7) is 0. The molecule has 0 aliphatic heterocycles. The van der Waals surface area contributed by atoms with E-state index < -0.39 is 0 Å². The molecular weight excluding hydrogens is 276 g/mol. The van der Waals surface area contributed by atoms with Crippen molar-refractivity contribution in [2.24, 2.45) is 0 Å². The van der Waals surface area contributed by atoms with Crippen LogP contribution in [-0.4, -0.2) is 29.0 Å². The molecule has 5 nitrogen and oxygen atoms in total. The summed E-state index contributed by atoms with van der Waals surface area (Å²) in [6.07, 6.45) is 6.41. The molecule has 0 saturated heterocycles. The molecule has 0 atom stereocenters. The number of hydrogen-bond acceptors (Lipinski definition) is 4. The van der Waals surface area contributed by atoms with Gasteiger partial charge in [0.05, 0.1) is 0 Å². The number of aromatic nitrogens is 2. The summed E-state index contributed by atoms with van der Waals surface area (Å²) >= 11 is 0. The molecule has 1 amide bonds. The van der Waals surface area contributed by atoms with Gasteiger partial charge in [-0.1, -0.05) is 31.0 Å². The second-order valence-electron chi connectivity index (χ2n) is 5.59. The van der Waals surface area contributed by atoms with Gasteiger partial charge in [-0.25, -0.2) is 9.97 Å². The zero-order valence-electron chi connectivity index (χ0n) is 12.7. The SMILES string of the molecule is CN(C(=O)c1ccnc(NC2CCCC2)n1)c1ccccc1. The number of anilines is 2. The highest BCUT2D eigenvalue weighted by Crippen LogP contribution is 2.21. The fourth-order valence-electron chi connectivity index (χ4n) is 2.74. The molecule has 0 unspecified atom stereocenters. The van der Waals surface area contributed by atoms with Crippen molar-refractivity contribution in [1.82, 2.24) is 9.97 Å². The lowest BCUT2D eigenvalue weighted by Gasteiger charge is -2.17. The number of para-hydroxylation sites is 1. The molecule has 1 aliphatic carbocycles. The molecule has 0 spiro atoms. The van der Waals surface area contributed by atoms with Crippen molar-refractivity contribution in [2.45, 2.75) is 31.7 Å². The number of carbonyl (C=O) groups is 1. The fourth-order valence-corrected chi connectivity index (χ4v) is 2.74. The number of nitrogens with one attached hydrogen (secondary N) is 1. The number of nitrogens with zero attached hydrogens (tertiary/aromatic N) is 3. The molecule has 0 bridgehead atoms. The Morgan fingerprint density at radius 2 is 1.91 bits per heavy atom. The molecule has 2 aromatic rings. The van der Waals surface area contributed by atoms with E-state index in [0.29, 0.717) is 17.7 Å². The average molecular weight is 296 g/mol. The Kier molecular flexibility index (Phi) is 4.32. The van der Waals surface area contributed by atoms with Crippen molar-refractivity contribution >= 4 is 17.5 Å². The summed E-state index contributed by atoms with van der Waals surface area (Å²) in [5.74, 6) is 0.405. The van der Waals surface area contributed by atoms with Gasteiger partial charge in [0.2, 0.25) is 5.95 Å². The lowest BCUT2D eigenvalue weighted by molar-refractivity contribution is 0.0988. The molecule has 114 valence electrons. The Morgan fingerprint density at radius 1 is 1.18 bits per heavy atom. The van der Waals surface area contributed by atoms with E-state index in [1.54, 1.807) is 24.2 Å². The van der Waals surface area contributed by atoms with Gasteiger partial charge in [-0.15, -0.1) is 0 Å². The van der Waals surface area contributed by atoms with E-state index >= 15 is 0 Å². The Balaban J connectivity index is 1.74. The highest BCUT2D eigenvalue weighted by Gasteiger charge is 2.18. The van der Waals surface area contributed by atoms with Gasteiger partial charge in [-0.3, -0.25) is 4.79 Å². The molecule has 1 aliphatic rings. The topological polar surface area (TPSA) is 58.1 Å². The van der Waals surface area contributed by atoms with Gasteiger partial charge in [0, 0.05) is 25.0 Å². The molecule has 1 heterocycles. The van der Waals surface area contributed by atoms with Gasteiger partial charge in [0.25, 0.3) is 5.91 Å². The molecule has 5 heteroatoms. The van der Waals surface area contributed by atoms with Gasteiger partial charge < -0.3 is 10.2 Å². The Labute approximate surface area is 130 Å². The zero-order chi connectivity index (χ0) is 15.4. The Bertz CT molecular complexity index is 638. The first kappa shape index (κ1) is 14.5. The smallest absolute Gasteiger partial charge is 0.276 e. The second-order valence-corrected chi connectivity index (χ2v) is 5.59. The van der Waals surface area contributed by atoms with Crippen molar-refractivity contribution in [2.75, 3.05) is 17.3 Å². The van der Waals surface area contributed by atoms with E-state index in [0.717, 1.165) is 18.5 Å². The monoisotopic (exact) mass is 296 g/mol. The predicted molar refractivity (Wildman–Crippen MR) is 87.1 cm³/mol. The standard InChI is InChI=1S/C17H20N4O/c1-21(14-9-3-2-4-10-14)16(22)15-11-12-18-17(20-15)19-13-7-5-6-8-13/h2-4,9-13H,5-8H2,1H3,(H,18,19,20). The fraction of sp³-hybridized carbons (Fsp3) is 0.353. The highest BCUT2D eigenvalue weighted by atomic mass is 16.2. The molecule has 1 aromatic carbocycles. The van der Waals surface area contributed by atoms with E-state index in [-0.39, 0.29) is 5.91 Å². The largest absolute Gasteiger partial charge is 0.351 e. The van der Waals surface area contributed by atoms with E-state index in [4.69, 9.17) is 0 Å². The molecule has 1 saturated carbocycles. The maximum Gasteiger partial charge on any atom is 0.276 e. The first-order valence-electron chi connectivity index (χ1n) is 7.67. The third-order valence-corrected chi connectivity index (χ3v) is 4.01. The Hall–Kier alpha value is -2.43. The van der Waals surface area contributed by atoms with Crippen LogP contribution in [0.3, 0.4) is 0 Å². The van der Waals surface area contributed by atoms with Crippen molar-refractivity contribution in [1.29, 1.82) is 0 Å². The quantitative estimate of drug-likeness (QED) is 0.942. The predicted octanol–water partition coefficient (Wildman–Crippen LogP) is 3.11. The summed E-state index contributed by atoms with van der Waals surface area (Å²) in [7, 11) is 1.75. The summed E-state index contributed by atoms with van der Waals surface area (Å²) in [5, 5.41) is 3.32. The van der Waals surface area contributed by atoms with E-state index in [2.05, 4.69) is 15.3 Å². The number of benzene rings is 1. The van der Waals surface area contributed by atoms with Gasteiger partial charge in [0.15, 0.2) is 0 Å². The van der Waals surface area contributed by atoms with Crippen molar-refractivity contribution < 1.29 is 4.79 Å². The minimum absolute atomic E-state index is 0.136. The molecular formula is C17H20N4O. The number of amides is 1. The van der Waals surface area contributed by atoms with Crippen LogP contribution in [0.5, 0.6) is 0 Å². The molecule has 22 heavy (non-hydrogen) atoms. The summed E-state index contributed by atoms with van der Waals surface area (Å²) in [4.78, 5) is 22.7. The average Bonchev–Trinajstić information content (AvgIpc) is 3.07. The molecule has 1 N–H and O–H groups in total. The number of rotatable bonds is 4. The van der Waals surface area contributed by atoms with Crippen LogP contribution in [0, 0.1) is 0 Å². The van der Waals surface area contributed by atoms with Crippen molar-refractivity contribution in [3.05, 3.63) is 48.3 Å². The molecule has 0 radical (unpaired) electrons. The van der Waals surface area contributed by atoms with Crippen LogP contribution in [0.15, 0.2) is 42.6 Å². The number of carbonyl (C=O) groups excluding carboxylic acids is 1. The van der Waals surface area contributed by atoms with Crippen LogP contribution in [0.1, 0.15) is 36.2 Å². The van der Waals surface area contributed by atoms with Crippen molar-refractivity contribution in [3.8, 4) is 0 Å². The lowest BCUT2D eigenvalue weighted by Crippen LogP contribution is -2.27. The van der Waals surface area contributed by atoms with Gasteiger partial charge >= 0.3 is 0 Å². The third-order valence-electron chi connectivity index (χ3n) is 4.01. The highest BCUT2D eigenvalue weighted by molar-refractivity contribution is 6.04. The maximum atomic E-state index is 12.5. The van der Waals surface area contributed by atoms with Gasteiger partial charge in [0.1, 0.15) is 5.69 Å². The minimum atomic E-state index is -0.136. The first-order valence-corrected chi connectivity index (χ1v) is 7.67. The first-order chi connectivity index (χ1) is 10.7. The summed E-state index contributed by atoms with van der Waals surface area (Å²) < 4.78 is 0. The second kappa shape index (κ2) is 6.56. The van der Waals surface area contributed by atoms with Crippen LogP contribution < -0.4 is 10.2 Å². The van der Waals surface area contributed by atoms with Crippen LogP contribution in [0.2, 0.25) is 0 Å². The maximum absolute atomic E-state index is 12.5. The normalized spacial score (nSPS) is 14.8. The summed E-state index contributed by atoms with van der Waals surface area (Å²) in [6, 6.07) is 11.6. The van der Waals surface area contributed by atoms with E-state index in [1.165, 1.54) is 12.8 Å². The van der Waals surface area contributed by atoms with Gasteiger partial charge in [-0.2, -0.15) is 0 Å². The third kappa shape index (κ3) is 3.24.